The summed E-state index contributed by atoms with van der Waals surface area (Å²) in [6.07, 6.45) is 7.60. The average molecular weight is 560 g/mol. The number of nitro groups is 1. The Balaban J connectivity index is 1.13. The summed E-state index contributed by atoms with van der Waals surface area (Å²) in [7, 11) is 0. The van der Waals surface area contributed by atoms with Crippen LogP contribution in [0.4, 0.5) is 17.1 Å². The molecule has 1 aliphatic heterocycles. The van der Waals surface area contributed by atoms with Gasteiger partial charge < -0.3 is 14.8 Å². The smallest absolute Gasteiger partial charge is 0.269 e. The predicted molar refractivity (Wildman–Crippen MR) is 166 cm³/mol. The fourth-order valence-electron chi connectivity index (χ4n) is 5.83. The fraction of sp³-hybridized carbons (Fsp3) is 0.229. The van der Waals surface area contributed by atoms with Gasteiger partial charge in [0.25, 0.3) is 5.69 Å². The van der Waals surface area contributed by atoms with Crippen molar-refractivity contribution in [1.29, 1.82) is 0 Å². The lowest BCUT2D eigenvalue weighted by molar-refractivity contribution is -0.384. The Morgan fingerprint density at radius 1 is 0.976 bits per heavy atom. The summed E-state index contributed by atoms with van der Waals surface area (Å²) >= 11 is 0. The average Bonchev–Trinajstić information content (AvgIpc) is 3.51. The minimum absolute atomic E-state index is 0.0540. The highest BCUT2D eigenvalue weighted by Gasteiger charge is 2.37. The zero-order chi connectivity index (χ0) is 29.1. The van der Waals surface area contributed by atoms with Crippen molar-refractivity contribution in [2.24, 2.45) is 10.9 Å². The maximum atomic E-state index is 10.9. The first kappa shape index (κ1) is 27.3. The third-order valence-electron chi connectivity index (χ3n) is 7.94. The second kappa shape index (κ2) is 11.9. The van der Waals surface area contributed by atoms with E-state index in [0.29, 0.717) is 29.9 Å². The number of aryl methyl sites for hydroxylation is 1. The maximum absolute atomic E-state index is 10.9. The van der Waals surface area contributed by atoms with Gasteiger partial charge in [-0.2, -0.15) is 0 Å². The molecule has 0 radical (unpaired) electrons. The first-order valence-electron chi connectivity index (χ1n) is 14.3. The Labute approximate surface area is 245 Å². The highest BCUT2D eigenvalue weighted by Crippen LogP contribution is 2.50. The molecule has 3 atom stereocenters. The van der Waals surface area contributed by atoms with Gasteiger partial charge in [0, 0.05) is 30.0 Å². The van der Waals surface area contributed by atoms with E-state index in [9.17, 15) is 10.1 Å². The molecule has 1 aliphatic carbocycles. The number of hydrogen-bond donors (Lipinski definition) is 1. The van der Waals surface area contributed by atoms with Crippen molar-refractivity contribution in [3.8, 4) is 11.5 Å². The Hall–Kier alpha value is -4.91. The van der Waals surface area contributed by atoms with E-state index in [0.717, 1.165) is 23.2 Å². The summed E-state index contributed by atoms with van der Waals surface area (Å²) in [4.78, 5) is 15.2. The number of benzene rings is 4. The van der Waals surface area contributed by atoms with Crippen LogP contribution < -0.4 is 14.8 Å². The molecular weight excluding hydrogens is 526 g/mol. The number of nitrogens with zero attached hydrogens (tertiary/aromatic N) is 2. The number of aliphatic imine (C=N–C) groups is 1. The van der Waals surface area contributed by atoms with Crippen LogP contribution in [0.25, 0.3) is 0 Å². The molecule has 4 aromatic rings. The summed E-state index contributed by atoms with van der Waals surface area (Å²) in [6, 6.07) is 27.5. The van der Waals surface area contributed by atoms with E-state index >= 15 is 0 Å². The van der Waals surface area contributed by atoms with E-state index in [4.69, 9.17) is 14.5 Å². The molecule has 42 heavy (non-hydrogen) atoms. The quantitative estimate of drug-likeness (QED) is 0.0962. The van der Waals surface area contributed by atoms with E-state index < -0.39 is 4.92 Å². The van der Waals surface area contributed by atoms with Gasteiger partial charge in [-0.15, -0.1) is 0 Å². The third kappa shape index (κ3) is 5.77. The molecule has 0 spiro atoms. The van der Waals surface area contributed by atoms with Crippen LogP contribution in [0, 0.1) is 23.0 Å². The van der Waals surface area contributed by atoms with Gasteiger partial charge in [0.05, 0.1) is 23.3 Å². The predicted octanol–water partition coefficient (Wildman–Crippen LogP) is 8.46. The standard InChI is InChI=1S/C35H33N3O4/c1-3-41-34-20-25(10-18-33(34)42-22-24-8-15-28(16-9-24)38(39)40)21-36-27-13-11-26(12-14-27)35-30-6-4-5-29(30)31-19-23(2)7-17-32(31)37-35/h4-5,7-21,29-30,35,37H,3,6,22H2,1-2H3/t29-,30-,35-/m0/s1. The number of non-ortho nitro benzene ring substituents is 1. The molecule has 4 aromatic carbocycles. The van der Waals surface area contributed by atoms with Crippen molar-refractivity contribution in [3.05, 3.63) is 135 Å². The summed E-state index contributed by atoms with van der Waals surface area (Å²) < 4.78 is 11.8. The van der Waals surface area contributed by atoms with Gasteiger partial charge in [-0.1, -0.05) is 42.0 Å². The van der Waals surface area contributed by atoms with Crippen LogP contribution in [0.3, 0.4) is 0 Å². The number of anilines is 1. The number of fused-ring (bicyclic) bond motifs is 3. The number of rotatable bonds is 9. The van der Waals surface area contributed by atoms with Gasteiger partial charge in [-0.05, 0) is 97.0 Å². The normalized spacial score (nSPS) is 18.8. The molecule has 7 nitrogen and oxygen atoms in total. The van der Waals surface area contributed by atoms with Gasteiger partial charge in [-0.25, -0.2) is 0 Å². The molecule has 0 bridgehead atoms. The summed E-state index contributed by atoms with van der Waals surface area (Å²) in [5.74, 6) is 2.18. The molecule has 2 aliphatic rings. The number of ether oxygens (including phenoxy) is 2. The molecule has 0 aromatic heterocycles. The Morgan fingerprint density at radius 3 is 2.55 bits per heavy atom. The molecule has 1 N–H and O–H groups in total. The van der Waals surface area contributed by atoms with Crippen molar-refractivity contribution in [3.63, 3.8) is 0 Å². The van der Waals surface area contributed by atoms with E-state index in [1.54, 1.807) is 12.1 Å². The fourth-order valence-corrected chi connectivity index (χ4v) is 5.83. The highest BCUT2D eigenvalue weighted by molar-refractivity contribution is 5.83. The number of nitrogens with one attached hydrogen (secondary N) is 1. The Morgan fingerprint density at radius 2 is 1.79 bits per heavy atom. The van der Waals surface area contributed by atoms with E-state index in [1.807, 2.05) is 31.3 Å². The topological polar surface area (TPSA) is 86.0 Å². The van der Waals surface area contributed by atoms with Crippen molar-refractivity contribution >= 4 is 23.3 Å². The summed E-state index contributed by atoms with van der Waals surface area (Å²) in [6.45, 7) is 4.85. The maximum Gasteiger partial charge on any atom is 0.269 e. The van der Waals surface area contributed by atoms with Crippen molar-refractivity contribution in [2.45, 2.75) is 38.8 Å². The Bertz CT molecular complexity index is 1640. The summed E-state index contributed by atoms with van der Waals surface area (Å²) in [5.41, 5.74) is 7.86. The lowest BCUT2D eigenvalue weighted by Gasteiger charge is -2.37. The van der Waals surface area contributed by atoms with Crippen LogP contribution in [0.5, 0.6) is 11.5 Å². The van der Waals surface area contributed by atoms with Crippen LogP contribution in [0.2, 0.25) is 0 Å². The van der Waals surface area contributed by atoms with Gasteiger partial charge in [0.2, 0.25) is 0 Å². The minimum Gasteiger partial charge on any atom is -0.490 e. The molecule has 0 amide bonds. The van der Waals surface area contributed by atoms with Crippen molar-refractivity contribution < 1.29 is 14.4 Å². The zero-order valence-corrected chi connectivity index (χ0v) is 23.7. The summed E-state index contributed by atoms with van der Waals surface area (Å²) in [5, 5.41) is 14.7. The third-order valence-corrected chi connectivity index (χ3v) is 7.94. The first-order chi connectivity index (χ1) is 20.5. The lowest BCUT2D eigenvalue weighted by Crippen LogP contribution is -2.29. The monoisotopic (exact) mass is 559 g/mol. The van der Waals surface area contributed by atoms with Crippen LogP contribution in [-0.2, 0) is 6.61 Å². The van der Waals surface area contributed by atoms with Crippen LogP contribution in [-0.4, -0.2) is 17.7 Å². The van der Waals surface area contributed by atoms with Crippen molar-refractivity contribution in [2.75, 3.05) is 11.9 Å². The second-order valence-corrected chi connectivity index (χ2v) is 10.8. The molecule has 7 heteroatoms. The minimum atomic E-state index is -0.414. The Kier molecular flexibility index (Phi) is 7.73. The molecule has 6 rings (SSSR count). The molecule has 0 unspecified atom stereocenters. The van der Waals surface area contributed by atoms with Crippen molar-refractivity contribution in [1.82, 2.24) is 0 Å². The van der Waals surface area contributed by atoms with Gasteiger partial charge in [-0.3, -0.25) is 15.1 Å². The molecule has 212 valence electrons. The van der Waals surface area contributed by atoms with Gasteiger partial charge >= 0.3 is 0 Å². The van der Waals surface area contributed by atoms with Crippen LogP contribution in [0.1, 0.15) is 53.1 Å². The van der Waals surface area contributed by atoms with E-state index in [2.05, 4.69) is 66.9 Å². The molecule has 0 saturated carbocycles. The highest BCUT2D eigenvalue weighted by atomic mass is 16.6. The second-order valence-electron chi connectivity index (χ2n) is 10.8. The number of hydrogen-bond acceptors (Lipinski definition) is 6. The largest absolute Gasteiger partial charge is 0.490 e. The van der Waals surface area contributed by atoms with Crippen LogP contribution in [0.15, 0.2) is 102 Å². The van der Waals surface area contributed by atoms with E-state index in [1.165, 1.54) is 34.5 Å². The molecular formula is C35H33N3O4. The SMILES string of the molecule is CCOc1cc(C=Nc2ccc([C@@H]3Nc4ccc(C)cc4[C@H]4C=CC[C@@H]43)cc2)ccc1OCc1ccc([N+](=O)[O-])cc1. The number of allylic oxidation sites excluding steroid dienone is 2. The molecule has 1 heterocycles. The van der Waals surface area contributed by atoms with Crippen LogP contribution >= 0.6 is 0 Å². The first-order valence-corrected chi connectivity index (χ1v) is 14.3. The molecule has 0 saturated heterocycles. The zero-order valence-electron chi connectivity index (χ0n) is 23.7. The number of nitro benzene ring substituents is 1. The van der Waals surface area contributed by atoms with Gasteiger partial charge in [0.15, 0.2) is 11.5 Å². The van der Waals surface area contributed by atoms with Gasteiger partial charge in [0.1, 0.15) is 6.61 Å². The molecule has 0 fully saturated rings. The van der Waals surface area contributed by atoms with E-state index in [-0.39, 0.29) is 18.3 Å². The lowest BCUT2D eigenvalue weighted by atomic mass is 9.76.